The standard InChI is InChI=1S/C18H28N2O3/c1-4-5-11-22-12-7-10-19-18(21)20-16-8-6-9-17(13-16)23-14-15(2)3/h6,8-9,13H,2,4-5,7,10-12,14H2,1,3H3,(H2,19,20,21). The predicted molar refractivity (Wildman–Crippen MR) is 94.1 cm³/mol. The summed E-state index contributed by atoms with van der Waals surface area (Å²) < 4.78 is 11.0. The first-order valence-electron chi connectivity index (χ1n) is 8.11. The van der Waals surface area contributed by atoms with Gasteiger partial charge in [0.05, 0.1) is 0 Å². The van der Waals surface area contributed by atoms with Crippen molar-refractivity contribution in [3.05, 3.63) is 36.4 Å². The Morgan fingerprint density at radius 1 is 1.26 bits per heavy atom. The highest BCUT2D eigenvalue weighted by molar-refractivity contribution is 5.89. The fraction of sp³-hybridized carbons (Fsp3) is 0.500. The molecule has 0 aliphatic carbocycles. The molecule has 0 aliphatic rings. The van der Waals surface area contributed by atoms with Gasteiger partial charge in [0.2, 0.25) is 0 Å². The molecule has 0 aromatic heterocycles. The number of benzene rings is 1. The van der Waals surface area contributed by atoms with Gasteiger partial charge in [-0.2, -0.15) is 0 Å². The fourth-order valence-electron chi connectivity index (χ4n) is 1.77. The summed E-state index contributed by atoms with van der Waals surface area (Å²) in [6, 6.07) is 7.07. The van der Waals surface area contributed by atoms with Gasteiger partial charge in [-0.25, -0.2) is 4.79 Å². The third-order valence-corrected chi connectivity index (χ3v) is 2.97. The van der Waals surface area contributed by atoms with E-state index < -0.39 is 0 Å². The van der Waals surface area contributed by atoms with Crippen molar-refractivity contribution in [1.29, 1.82) is 0 Å². The maximum Gasteiger partial charge on any atom is 0.319 e. The topological polar surface area (TPSA) is 59.6 Å². The van der Waals surface area contributed by atoms with E-state index in [4.69, 9.17) is 9.47 Å². The van der Waals surface area contributed by atoms with Gasteiger partial charge in [-0.1, -0.05) is 26.0 Å². The Morgan fingerprint density at radius 3 is 2.78 bits per heavy atom. The fourth-order valence-corrected chi connectivity index (χ4v) is 1.77. The summed E-state index contributed by atoms with van der Waals surface area (Å²) in [6.45, 7) is 10.3. The highest BCUT2D eigenvalue weighted by Crippen LogP contribution is 2.17. The molecule has 0 saturated carbocycles. The number of rotatable bonds is 11. The first-order chi connectivity index (χ1) is 11.1. The smallest absolute Gasteiger partial charge is 0.319 e. The minimum atomic E-state index is -0.226. The Hall–Kier alpha value is -2.01. The summed E-state index contributed by atoms with van der Waals surface area (Å²) in [5.74, 6) is 0.704. The molecule has 5 heteroatoms. The molecular formula is C18H28N2O3. The number of urea groups is 1. The Bertz CT molecular complexity index is 489. The molecule has 0 atom stereocenters. The van der Waals surface area contributed by atoms with E-state index >= 15 is 0 Å². The molecule has 0 bridgehead atoms. The second-order valence-electron chi connectivity index (χ2n) is 5.47. The second-order valence-corrected chi connectivity index (χ2v) is 5.47. The van der Waals surface area contributed by atoms with E-state index in [2.05, 4.69) is 24.1 Å². The molecule has 0 fully saturated rings. The minimum absolute atomic E-state index is 0.226. The summed E-state index contributed by atoms with van der Waals surface area (Å²) in [4.78, 5) is 11.8. The van der Waals surface area contributed by atoms with E-state index in [0.29, 0.717) is 31.2 Å². The number of ether oxygens (including phenoxy) is 2. The Labute approximate surface area is 139 Å². The van der Waals surface area contributed by atoms with Gasteiger partial charge in [0.25, 0.3) is 0 Å². The summed E-state index contributed by atoms with van der Waals surface area (Å²) in [7, 11) is 0. The number of unbranched alkanes of at least 4 members (excludes halogenated alkanes) is 1. The monoisotopic (exact) mass is 320 g/mol. The van der Waals surface area contributed by atoms with Crippen LogP contribution < -0.4 is 15.4 Å². The Balaban J connectivity index is 2.23. The van der Waals surface area contributed by atoms with Crippen LogP contribution in [0.3, 0.4) is 0 Å². The molecule has 0 saturated heterocycles. The number of hydrogen-bond acceptors (Lipinski definition) is 3. The first kappa shape index (κ1) is 19.0. The largest absolute Gasteiger partial charge is 0.489 e. The van der Waals surface area contributed by atoms with Crippen molar-refractivity contribution in [2.75, 3.05) is 31.7 Å². The maximum absolute atomic E-state index is 11.8. The lowest BCUT2D eigenvalue weighted by molar-refractivity contribution is 0.129. The van der Waals surface area contributed by atoms with Crippen LogP contribution in [0.4, 0.5) is 10.5 Å². The first-order valence-corrected chi connectivity index (χ1v) is 8.11. The van der Waals surface area contributed by atoms with Gasteiger partial charge in [0.15, 0.2) is 0 Å². The zero-order valence-electron chi connectivity index (χ0n) is 14.2. The molecular weight excluding hydrogens is 292 g/mol. The van der Waals surface area contributed by atoms with Crippen molar-refractivity contribution >= 4 is 11.7 Å². The van der Waals surface area contributed by atoms with Crippen LogP contribution in [0.25, 0.3) is 0 Å². The number of anilines is 1. The van der Waals surface area contributed by atoms with E-state index in [0.717, 1.165) is 31.4 Å². The maximum atomic E-state index is 11.8. The van der Waals surface area contributed by atoms with Crippen LogP contribution in [-0.2, 0) is 4.74 Å². The number of hydrogen-bond donors (Lipinski definition) is 2. The van der Waals surface area contributed by atoms with Crippen LogP contribution in [-0.4, -0.2) is 32.4 Å². The van der Waals surface area contributed by atoms with Gasteiger partial charge in [0, 0.05) is 31.5 Å². The SMILES string of the molecule is C=C(C)COc1cccc(NC(=O)NCCCOCCCC)c1. The molecule has 0 aliphatic heterocycles. The van der Waals surface area contributed by atoms with Crippen LogP contribution in [0, 0.1) is 0 Å². The lowest BCUT2D eigenvalue weighted by atomic mass is 10.3. The van der Waals surface area contributed by atoms with Crippen molar-refractivity contribution in [3.8, 4) is 5.75 Å². The number of carbonyl (C=O) groups excluding carboxylic acids is 1. The molecule has 128 valence electrons. The van der Waals surface area contributed by atoms with E-state index in [1.165, 1.54) is 0 Å². The van der Waals surface area contributed by atoms with Gasteiger partial charge >= 0.3 is 6.03 Å². The van der Waals surface area contributed by atoms with Crippen molar-refractivity contribution in [2.45, 2.75) is 33.1 Å². The van der Waals surface area contributed by atoms with Gasteiger partial charge < -0.3 is 20.1 Å². The second kappa shape index (κ2) is 11.5. The van der Waals surface area contributed by atoms with Gasteiger partial charge in [-0.05, 0) is 37.5 Å². The Kier molecular flexibility index (Phi) is 9.55. The molecule has 2 N–H and O–H groups in total. The quantitative estimate of drug-likeness (QED) is 0.479. The molecule has 0 spiro atoms. The normalized spacial score (nSPS) is 10.2. The van der Waals surface area contributed by atoms with Crippen molar-refractivity contribution in [3.63, 3.8) is 0 Å². The van der Waals surface area contributed by atoms with E-state index in [9.17, 15) is 4.79 Å². The highest BCUT2D eigenvalue weighted by Gasteiger charge is 2.02. The molecule has 0 radical (unpaired) electrons. The molecule has 1 rings (SSSR count). The molecule has 2 amide bonds. The molecule has 0 heterocycles. The molecule has 5 nitrogen and oxygen atoms in total. The summed E-state index contributed by atoms with van der Waals surface area (Å²) in [5, 5.41) is 5.59. The van der Waals surface area contributed by atoms with Crippen molar-refractivity contribution in [1.82, 2.24) is 5.32 Å². The van der Waals surface area contributed by atoms with E-state index in [-0.39, 0.29) is 6.03 Å². The minimum Gasteiger partial charge on any atom is -0.489 e. The van der Waals surface area contributed by atoms with Gasteiger partial charge in [-0.15, -0.1) is 0 Å². The van der Waals surface area contributed by atoms with Gasteiger partial charge in [-0.3, -0.25) is 0 Å². The van der Waals surface area contributed by atoms with E-state index in [1.807, 2.05) is 25.1 Å². The average molecular weight is 320 g/mol. The molecule has 1 aromatic carbocycles. The van der Waals surface area contributed by atoms with Crippen LogP contribution in [0.5, 0.6) is 5.75 Å². The lowest BCUT2D eigenvalue weighted by Gasteiger charge is -2.10. The summed E-state index contributed by atoms with van der Waals surface area (Å²) in [5.41, 5.74) is 1.64. The van der Waals surface area contributed by atoms with E-state index in [1.54, 1.807) is 6.07 Å². The summed E-state index contributed by atoms with van der Waals surface area (Å²) >= 11 is 0. The van der Waals surface area contributed by atoms with Crippen LogP contribution in [0.1, 0.15) is 33.1 Å². The van der Waals surface area contributed by atoms with Crippen molar-refractivity contribution < 1.29 is 14.3 Å². The number of nitrogens with one attached hydrogen (secondary N) is 2. The predicted octanol–water partition coefficient (Wildman–Crippen LogP) is 3.97. The zero-order chi connectivity index (χ0) is 16.9. The molecule has 0 unspecified atom stereocenters. The highest BCUT2D eigenvalue weighted by atomic mass is 16.5. The lowest BCUT2D eigenvalue weighted by Crippen LogP contribution is -2.30. The Morgan fingerprint density at radius 2 is 2.04 bits per heavy atom. The number of carbonyl (C=O) groups is 1. The average Bonchev–Trinajstić information content (AvgIpc) is 2.52. The summed E-state index contributed by atoms with van der Waals surface area (Å²) in [6.07, 6.45) is 3.02. The van der Waals surface area contributed by atoms with Crippen LogP contribution in [0.2, 0.25) is 0 Å². The van der Waals surface area contributed by atoms with Gasteiger partial charge in [0.1, 0.15) is 12.4 Å². The number of amides is 2. The zero-order valence-corrected chi connectivity index (χ0v) is 14.2. The molecule has 23 heavy (non-hydrogen) atoms. The molecule has 1 aromatic rings. The van der Waals surface area contributed by atoms with Crippen LogP contribution >= 0.6 is 0 Å². The third kappa shape index (κ3) is 9.58. The van der Waals surface area contributed by atoms with Crippen molar-refractivity contribution in [2.24, 2.45) is 0 Å². The van der Waals surface area contributed by atoms with Crippen LogP contribution in [0.15, 0.2) is 36.4 Å². The third-order valence-electron chi connectivity index (χ3n) is 2.97.